The molecule has 0 spiro atoms. The Morgan fingerprint density at radius 2 is 1.94 bits per heavy atom. The number of carbonyl (C=O) groups excluding carboxylic acids is 1. The van der Waals surface area contributed by atoms with Crippen LogP contribution in [0.4, 0.5) is 5.82 Å². The van der Waals surface area contributed by atoms with Gasteiger partial charge in [-0.05, 0) is 50.8 Å². The van der Waals surface area contributed by atoms with Gasteiger partial charge in [0, 0.05) is 34.3 Å². The van der Waals surface area contributed by atoms with E-state index in [1.165, 1.54) is 0 Å². The van der Waals surface area contributed by atoms with Crippen LogP contribution in [0.1, 0.15) is 92.8 Å². The second-order valence-electron chi connectivity index (χ2n) is 9.57. The Hall–Kier alpha value is -3.13. The predicted octanol–water partition coefficient (Wildman–Crippen LogP) is 4.33. The average Bonchev–Trinajstić information content (AvgIpc) is 3.24. The first-order chi connectivity index (χ1) is 15.9. The highest BCUT2D eigenvalue weighted by atomic mass is 16.2. The molecule has 8 nitrogen and oxygen atoms in total. The van der Waals surface area contributed by atoms with Gasteiger partial charge in [-0.2, -0.15) is 0 Å². The lowest BCUT2D eigenvalue weighted by atomic mass is 9.97. The smallest absolute Gasteiger partial charge is 0.260 e. The second kappa shape index (κ2) is 8.02. The van der Waals surface area contributed by atoms with Gasteiger partial charge in [-0.25, -0.2) is 4.98 Å². The zero-order chi connectivity index (χ0) is 23.3. The fraction of sp³-hybridized carbons (Fsp3) is 0.480. The number of nitrogens with zero attached hydrogens (tertiary/aromatic N) is 6. The number of amides is 1. The Morgan fingerprint density at radius 1 is 1.18 bits per heavy atom. The van der Waals surface area contributed by atoms with Crippen LogP contribution in [0.5, 0.6) is 0 Å². The molecule has 1 amide bonds. The van der Waals surface area contributed by atoms with E-state index in [4.69, 9.17) is 15.7 Å². The summed E-state index contributed by atoms with van der Waals surface area (Å²) in [5, 5.41) is 8.46. The average molecular weight is 446 g/mol. The van der Waals surface area contributed by atoms with Gasteiger partial charge in [0.15, 0.2) is 5.82 Å². The fourth-order valence-electron chi connectivity index (χ4n) is 4.71. The minimum atomic E-state index is -0.244. The van der Waals surface area contributed by atoms with Crippen LogP contribution in [0.25, 0.3) is 11.5 Å². The molecule has 0 unspecified atom stereocenters. The normalized spacial score (nSPS) is 17.5. The van der Waals surface area contributed by atoms with E-state index in [1.807, 2.05) is 31.2 Å². The van der Waals surface area contributed by atoms with Crippen LogP contribution in [0.3, 0.4) is 0 Å². The Kier molecular flexibility index (Phi) is 5.28. The van der Waals surface area contributed by atoms with Crippen LogP contribution in [0, 0.1) is 0 Å². The summed E-state index contributed by atoms with van der Waals surface area (Å²) in [5.74, 6) is 1.27. The van der Waals surface area contributed by atoms with Crippen LogP contribution < -0.4 is 10.6 Å². The maximum atomic E-state index is 13.5. The van der Waals surface area contributed by atoms with Gasteiger partial charge in [-0.3, -0.25) is 14.7 Å². The molecule has 1 aliphatic heterocycles. The first kappa shape index (κ1) is 21.7. The van der Waals surface area contributed by atoms with Crippen molar-refractivity contribution < 1.29 is 4.79 Å². The van der Waals surface area contributed by atoms with E-state index in [1.54, 1.807) is 11.2 Å². The summed E-state index contributed by atoms with van der Waals surface area (Å²) < 4.78 is 2.08. The zero-order valence-corrected chi connectivity index (χ0v) is 19.7. The molecule has 33 heavy (non-hydrogen) atoms. The topological polar surface area (TPSA) is 103 Å². The van der Waals surface area contributed by atoms with Gasteiger partial charge in [0.05, 0.1) is 12.2 Å². The zero-order valence-electron chi connectivity index (χ0n) is 19.7. The van der Waals surface area contributed by atoms with Gasteiger partial charge in [0.25, 0.3) is 5.91 Å². The number of nitrogens with two attached hydrogens (primary N) is 1. The lowest BCUT2D eigenvalue weighted by Gasteiger charge is -2.18. The first-order valence-electron chi connectivity index (χ1n) is 11.8. The van der Waals surface area contributed by atoms with Crippen molar-refractivity contribution in [3.05, 3.63) is 53.1 Å². The van der Waals surface area contributed by atoms with Gasteiger partial charge in [-0.15, -0.1) is 10.2 Å². The summed E-state index contributed by atoms with van der Waals surface area (Å²) in [6.45, 7) is 8.86. The highest BCUT2D eigenvalue weighted by molar-refractivity contribution is 6.10. The molecule has 2 N–H and O–H groups in total. The molecule has 1 atom stereocenters. The molecule has 0 bridgehead atoms. The number of hydrogen-bond donors (Lipinski definition) is 1. The van der Waals surface area contributed by atoms with E-state index in [-0.39, 0.29) is 17.4 Å². The van der Waals surface area contributed by atoms with Crippen LogP contribution in [-0.2, 0) is 12.0 Å². The van der Waals surface area contributed by atoms with Crippen LogP contribution in [0.2, 0.25) is 0 Å². The summed E-state index contributed by atoms with van der Waals surface area (Å²) in [4.78, 5) is 25.0. The largest absolute Gasteiger partial charge is 0.323 e. The van der Waals surface area contributed by atoms with Crippen molar-refractivity contribution >= 4 is 11.7 Å². The summed E-state index contributed by atoms with van der Waals surface area (Å²) in [5.41, 5.74) is 10.5. The molecule has 0 saturated heterocycles. The third-order valence-electron chi connectivity index (χ3n) is 7.15. The van der Waals surface area contributed by atoms with Crippen molar-refractivity contribution in [2.45, 2.75) is 77.4 Å². The molecule has 0 radical (unpaired) electrons. The SMILES string of the molecule is CCC(CC)n1cnnc1-c1cccc(N2Cc3c(cc(C4(C)CC4)nc3[C@H](C)N)C2=O)n1. The third kappa shape index (κ3) is 3.62. The molecule has 3 aromatic heterocycles. The molecule has 1 aliphatic carbocycles. The summed E-state index contributed by atoms with van der Waals surface area (Å²) in [7, 11) is 0. The van der Waals surface area contributed by atoms with E-state index in [0.29, 0.717) is 29.7 Å². The van der Waals surface area contributed by atoms with Crippen molar-refractivity contribution in [1.82, 2.24) is 24.7 Å². The van der Waals surface area contributed by atoms with Crippen molar-refractivity contribution in [2.75, 3.05) is 4.90 Å². The number of anilines is 1. The molecule has 8 heteroatoms. The molecule has 1 fully saturated rings. The number of rotatable bonds is 7. The number of pyridine rings is 2. The maximum Gasteiger partial charge on any atom is 0.260 e. The Balaban J connectivity index is 1.52. The van der Waals surface area contributed by atoms with Gasteiger partial charge in [-0.1, -0.05) is 26.8 Å². The second-order valence-corrected chi connectivity index (χ2v) is 9.57. The van der Waals surface area contributed by atoms with Gasteiger partial charge in [0.1, 0.15) is 17.8 Å². The van der Waals surface area contributed by atoms with E-state index in [9.17, 15) is 4.79 Å². The van der Waals surface area contributed by atoms with Crippen LogP contribution >= 0.6 is 0 Å². The number of fused-ring (bicyclic) bond motifs is 1. The molecule has 0 aromatic carbocycles. The molecule has 2 aliphatic rings. The quantitative estimate of drug-likeness (QED) is 0.581. The van der Waals surface area contributed by atoms with Gasteiger partial charge >= 0.3 is 0 Å². The monoisotopic (exact) mass is 445 g/mol. The summed E-state index contributed by atoms with van der Waals surface area (Å²) in [6, 6.07) is 7.74. The number of carbonyl (C=O) groups is 1. The first-order valence-corrected chi connectivity index (χ1v) is 11.8. The summed E-state index contributed by atoms with van der Waals surface area (Å²) >= 11 is 0. The lowest BCUT2D eigenvalue weighted by molar-refractivity contribution is 0.0996. The highest BCUT2D eigenvalue weighted by Crippen LogP contribution is 2.48. The van der Waals surface area contributed by atoms with Gasteiger partial charge in [0.2, 0.25) is 0 Å². The molecule has 172 valence electrons. The Morgan fingerprint density at radius 3 is 2.61 bits per heavy atom. The Labute approximate surface area is 194 Å². The molecular formula is C25H31N7O. The fourth-order valence-corrected chi connectivity index (χ4v) is 4.71. The van der Waals surface area contributed by atoms with Crippen molar-refractivity contribution in [1.29, 1.82) is 0 Å². The maximum absolute atomic E-state index is 13.5. The number of hydrogen-bond acceptors (Lipinski definition) is 6. The number of aromatic nitrogens is 5. The molecule has 1 saturated carbocycles. The highest BCUT2D eigenvalue weighted by Gasteiger charge is 2.43. The van der Waals surface area contributed by atoms with Gasteiger partial charge < -0.3 is 10.3 Å². The van der Waals surface area contributed by atoms with Crippen LogP contribution in [-0.4, -0.2) is 30.6 Å². The minimum Gasteiger partial charge on any atom is -0.323 e. The standard InChI is InChI=1S/C25H31N7O/c1-5-16(6-2)32-14-27-30-23(32)19-8-7-9-21(28-19)31-13-18-17(24(31)33)12-20(25(4)10-11-25)29-22(18)15(3)26/h7-9,12,14-16H,5-6,10-11,13,26H2,1-4H3/t15-/m0/s1. The molecule has 5 rings (SSSR count). The Bertz CT molecular complexity index is 1210. The molecule has 4 heterocycles. The van der Waals surface area contributed by atoms with Crippen molar-refractivity contribution in [3.63, 3.8) is 0 Å². The predicted molar refractivity (Wildman–Crippen MR) is 127 cm³/mol. The third-order valence-corrected chi connectivity index (χ3v) is 7.15. The van der Waals surface area contributed by atoms with E-state index < -0.39 is 0 Å². The summed E-state index contributed by atoms with van der Waals surface area (Å²) in [6.07, 6.45) is 5.91. The molecular weight excluding hydrogens is 414 g/mol. The van der Waals surface area contributed by atoms with E-state index in [2.05, 4.69) is 35.5 Å². The van der Waals surface area contributed by atoms with Crippen LogP contribution in [0.15, 0.2) is 30.6 Å². The van der Waals surface area contributed by atoms with Crippen molar-refractivity contribution in [3.8, 4) is 11.5 Å². The van der Waals surface area contributed by atoms with E-state index in [0.717, 1.165) is 48.5 Å². The van der Waals surface area contributed by atoms with Crippen molar-refractivity contribution in [2.24, 2.45) is 5.73 Å². The van der Waals surface area contributed by atoms with E-state index >= 15 is 0 Å². The minimum absolute atomic E-state index is 0.0501. The lowest BCUT2D eigenvalue weighted by Crippen LogP contribution is -2.24. The molecule has 3 aromatic rings.